The van der Waals surface area contributed by atoms with Crippen molar-refractivity contribution in [3.63, 3.8) is 0 Å². The summed E-state index contributed by atoms with van der Waals surface area (Å²) in [5.74, 6) is 1.78. The van der Waals surface area contributed by atoms with Crippen molar-refractivity contribution in [2.24, 2.45) is 0 Å². The lowest BCUT2D eigenvalue weighted by Crippen LogP contribution is -2.39. The Labute approximate surface area is 119 Å². The van der Waals surface area contributed by atoms with Gasteiger partial charge in [-0.05, 0) is 13.0 Å². The first-order valence-electron chi connectivity index (χ1n) is 6.91. The number of H-pyrrole nitrogens is 1. The summed E-state index contributed by atoms with van der Waals surface area (Å²) in [7, 11) is -2.88. The van der Waals surface area contributed by atoms with Crippen LogP contribution in [0.5, 0.6) is 0 Å². The van der Waals surface area contributed by atoms with Gasteiger partial charge in [0.2, 0.25) is 0 Å². The van der Waals surface area contributed by atoms with Crippen LogP contribution in [0.1, 0.15) is 31.1 Å². The van der Waals surface area contributed by atoms with Crippen LogP contribution in [-0.4, -0.2) is 66.7 Å². The Hall–Kier alpha value is -0.990. The molecule has 0 aliphatic carbocycles. The fourth-order valence-electron chi connectivity index (χ4n) is 2.22. The second-order valence-electron chi connectivity index (χ2n) is 5.14. The zero-order chi connectivity index (χ0) is 14.6. The van der Waals surface area contributed by atoms with Gasteiger partial charge in [-0.1, -0.05) is 6.92 Å². The van der Waals surface area contributed by atoms with Crippen LogP contribution in [0, 0.1) is 0 Å². The van der Waals surface area contributed by atoms with Crippen LogP contribution in [0.15, 0.2) is 0 Å². The van der Waals surface area contributed by atoms with E-state index < -0.39 is 9.84 Å². The van der Waals surface area contributed by atoms with Gasteiger partial charge in [-0.25, -0.2) is 13.4 Å². The number of aryl methyl sites for hydroxylation is 1. The Morgan fingerprint density at radius 1 is 1.50 bits per heavy atom. The molecule has 0 bridgehead atoms. The van der Waals surface area contributed by atoms with E-state index in [1.807, 2.05) is 6.92 Å². The van der Waals surface area contributed by atoms with E-state index in [1.165, 1.54) is 6.26 Å². The molecular weight excluding hydrogens is 280 g/mol. The molecule has 7 nitrogen and oxygen atoms in total. The minimum atomic E-state index is -2.88. The molecule has 1 N–H and O–H groups in total. The van der Waals surface area contributed by atoms with Gasteiger partial charge in [-0.2, -0.15) is 5.10 Å². The molecule has 1 aliphatic rings. The smallest absolute Gasteiger partial charge is 0.180 e. The number of aromatic nitrogens is 3. The van der Waals surface area contributed by atoms with Gasteiger partial charge in [0.25, 0.3) is 0 Å². The fourth-order valence-corrected chi connectivity index (χ4v) is 2.88. The maximum absolute atomic E-state index is 11.1. The SMILES string of the molecule is CCc1nc(C2CN(CCCS(C)(=O)=O)CCO2)n[nH]1. The summed E-state index contributed by atoms with van der Waals surface area (Å²) in [5, 5.41) is 7.07. The van der Waals surface area contributed by atoms with Crippen molar-refractivity contribution in [3.8, 4) is 0 Å². The molecule has 1 unspecified atom stereocenters. The van der Waals surface area contributed by atoms with Crippen molar-refractivity contribution in [1.82, 2.24) is 20.1 Å². The number of sulfone groups is 1. The molecule has 20 heavy (non-hydrogen) atoms. The van der Waals surface area contributed by atoms with Crippen LogP contribution < -0.4 is 0 Å². The largest absolute Gasteiger partial charge is 0.367 e. The lowest BCUT2D eigenvalue weighted by molar-refractivity contribution is -0.0340. The van der Waals surface area contributed by atoms with Gasteiger partial charge in [-0.3, -0.25) is 10.00 Å². The van der Waals surface area contributed by atoms with Crippen LogP contribution in [0.2, 0.25) is 0 Å². The van der Waals surface area contributed by atoms with Gasteiger partial charge in [-0.15, -0.1) is 0 Å². The topological polar surface area (TPSA) is 88.2 Å². The van der Waals surface area contributed by atoms with Crippen molar-refractivity contribution in [1.29, 1.82) is 0 Å². The molecule has 0 amide bonds. The second-order valence-corrected chi connectivity index (χ2v) is 7.40. The summed E-state index contributed by atoms with van der Waals surface area (Å²) >= 11 is 0. The van der Waals surface area contributed by atoms with Crippen LogP contribution in [0.4, 0.5) is 0 Å². The average Bonchev–Trinajstić information content (AvgIpc) is 2.86. The minimum Gasteiger partial charge on any atom is -0.367 e. The third kappa shape index (κ3) is 4.53. The van der Waals surface area contributed by atoms with E-state index in [1.54, 1.807) is 0 Å². The second kappa shape index (κ2) is 6.64. The Kier molecular flexibility index (Phi) is 5.11. The van der Waals surface area contributed by atoms with Crippen molar-refractivity contribution in [3.05, 3.63) is 11.6 Å². The number of hydrogen-bond donors (Lipinski definition) is 1. The summed E-state index contributed by atoms with van der Waals surface area (Å²) in [6.07, 6.45) is 2.62. The van der Waals surface area contributed by atoms with Crippen molar-refractivity contribution < 1.29 is 13.2 Å². The average molecular weight is 302 g/mol. The molecule has 1 aromatic heterocycles. The molecule has 2 heterocycles. The molecule has 8 heteroatoms. The van der Waals surface area contributed by atoms with Gasteiger partial charge in [0.1, 0.15) is 21.8 Å². The van der Waals surface area contributed by atoms with E-state index in [0.717, 1.165) is 25.3 Å². The molecule has 1 aromatic rings. The van der Waals surface area contributed by atoms with Gasteiger partial charge in [0.15, 0.2) is 5.82 Å². The predicted octanol–water partition coefficient (Wildman–Crippen LogP) is 0.175. The number of nitrogens with zero attached hydrogens (tertiary/aromatic N) is 3. The standard InChI is InChI=1S/C12H22N4O3S/c1-3-11-13-12(15-14-11)10-9-16(6-7-19-10)5-4-8-20(2,17)18/h10H,3-9H2,1-2H3,(H,13,14,15). The number of ether oxygens (including phenoxy) is 1. The van der Waals surface area contributed by atoms with E-state index in [2.05, 4.69) is 20.1 Å². The molecule has 0 radical (unpaired) electrons. The highest BCUT2D eigenvalue weighted by atomic mass is 32.2. The molecule has 1 fully saturated rings. The van der Waals surface area contributed by atoms with E-state index in [4.69, 9.17) is 4.74 Å². The van der Waals surface area contributed by atoms with Gasteiger partial charge in [0.05, 0.1) is 12.4 Å². The van der Waals surface area contributed by atoms with Gasteiger partial charge in [0, 0.05) is 25.8 Å². The molecule has 1 saturated heterocycles. The number of hydrogen-bond acceptors (Lipinski definition) is 6. The maximum Gasteiger partial charge on any atom is 0.180 e. The Morgan fingerprint density at radius 2 is 2.30 bits per heavy atom. The maximum atomic E-state index is 11.1. The third-order valence-electron chi connectivity index (χ3n) is 3.31. The Bertz CT molecular complexity index is 529. The number of aromatic amines is 1. The first-order valence-corrected chi connectivity index (χ1v) is 8.97. The molecule has 1 atom stereocenters. The lowest BCUT2D eigenvalue weighted by atomic mass is 10.2. The van der Waals surface area contributed by atoms with E-state index in [0.29, 0.717) is 25.4 Å². The van der Waals surface area contributed by atoms with Crippen LogP contribution >= 0.6 is 0 Å². The van der Waals surface area contributed by atoms with Gasteiger partial charge >= 0.3 is 0 Å². The molecular formula is C12H22N4O3S. The van der Waals surface area contributed by atoms with Crippen LogP contribution in [0.25, 0.3) is 0 Å². The summed E-state index contributed by atoms with van der Waals surface area (Å²) in [6.45, 7) is 4.94. The first-order chi connectivity index (χ1) is 9.48. The van der Waals surface area contributed by atoms with Crippen molar-refractivity contribution >= 4 is 9.84 Å². The number of rotatable bonds is 6. The van der Waals surface area contributed by atoms with Crippen molar-refractivity contribution in [2.75, 3.05) is 38.2 Å². The minimum absolute atomic E-state index is 0.126. The molecule has 1 aliphatic heterocycles. The Morgan fingerprint density at radius 3 is 2.95 bits per heavy atom. The zero-order valence-corrected chi connectivity index (χ0v) is 12.8. The lowest BCUT2D eigenvalue weighted by Gasteiger charge is -2.31. The quantitative estimate of drug-likeness (QED) is 0.806. The molecule has 0 saturated carbocycles. The van der Waals surface area contributed by atoms with E-state index in [-0.39, 0.29) is 11.9 Å². The van der Waals surface area contributed by atoms with E-state index >= 15 is 0 Å². The first kappa shape index (κ1) is 15.4. The van der Waals surface area contributed by atoms with Crippen LogP contribution in [-0.2, 0) is 21.0 Å². The predicted molar refractivity (Wildman–Crippen MR) is 75.2 cm³/mol. The summed E-state index contributed by atoms with van der Waals surface area (Å²) < 4.78 is 27.9. The third-order valence-corrected chi connectivity index (χ3v) is 4.34. The summed E-state index contributed by atoms with van der Waals surface area (Å²) in [6, 6.07) is 0. The summed E-state index contributed by atoms with van der Waals surface area (Å²) in [4.78, 5) is 6.60. The van der Waals surface area contributed by atoms with Crippen LogP contribution in [0.3, 0.4) is 0 Å². The van der Waals surface area contributed by atoms with Crippen molar-refractivity contribution in [2.45, 2.75) is 25.9 Å². The number of nitrogens with one attached hydrogen (secondary N) is 1. The highest BCUT2D eigenvalue weighted by Gasteiger charge is 2.25. The van der Waals surface area contributed by atoms with Gasteiger partial charge < -0.3 is 4.74 Å². The summed E-state index contributed by atoms with van der Waals surface area (Å²) in [5.41, 5.74) is 0. The molecule has 2 rings (SSSR count). The number of morpholine rings is 1. The highest BCUT2D eigenvalue weighted by molar-refractivity contribution is 7.90. The monoisotopic (exact) mass is 302 g/mol. The molecule has 114 valence electrons. The fraction of sp³-hybridized carbons (Fsp3) is 0.833. The highest BCUT2D eigenvalue weighted by Crippen LogP contribution is 2.19. The zero-order valence-electron chi connectivity index (χ0n) is 12.0. The normalized spacial score (nSPS) is 21.2. The van der Waals surface area contributed by atoms with E-state index in [9.17, 15) is 8.42 Å². The molecule has 0 aromatic carbocycles. The Balaban J connectivity index is 1.85. The molecule has 0 spiro atoms.